The lowest BCUT2D eigenvalue weighted by atomic mass is 9.89. The maximum Gasteiger partial charge on any atom is 0.135 e. The molecule has 1 heterocycles. The average Bonchev–Trinajstić information content (AvgIpc) is 3.77. The van der Waals surface area contributed by atoms with Crippen LogP contribution in [0.25, 0.3) is 110 Å². The fourth-order valence-electron chi connectivity index (χ4n) is 10.3. The fourth-order valence-corrected chi connectivity index (χ4v) is 10.3. The number of anilines is 3. The first-order valence-corrected chi connectivity index (χ1v) is 22.7. The van der Waals surface area contributed by atoms with Crippen molar-refractivity contribution in [1.82, 2.24) is 0 Å². The molecule has 2 nitrogen and oxygen atoms in total. The standard InChI is InChI=1S/C64H41NO/c1-3-12-43(13-4-1)54-38-35-52(41-58(54)46-24-22-45(23-25-46)53-36-30-49-27-26-47-16-11-17-48-31-37-57(53)64(49)63(47)48)65(60-20-9-7-18-55(60)44-14-5-2-6-15-44)51-33-28-42(29-34-51)50-32-39-62-59(40-50)56-19-8-10-21-61(56)66-62/h1-41H. The Hall–Kier alpha value is -8.72. The Bertz CT molecular complexity index is 3890. The monoisotopic (exact) mass is 839 g/mol. The fraction of sp³-hybridized carbons (Fsp3) is 0. The Morgan fingerprint density at radius 1 is 0.258 bits per heavy atom. The van der Waals surface area contributed by atoms with Crippen LogP contribution in [0.2, 0.25) is 0 Å². The minimum Gasteiger partial charge on any atom is -0.456 e. The topological polar surface area (TPSA) is 16.4 Å². The number of benzene rings is 12. The molecule has 66 heavy (non-hydrogen) atoms. The largest absolute Gasteiger partial charge is 0.456 e. The van der Waals surface area contributed by atoms with Crippen LogP contribution >= 0.6 is 0 Å². The van der Waals surface area contributed by atoms with Crippen molar-refractivity contribution in [1.29, 1.82) is 0 Å². The number of hydrogen-bond acceptors (Lipinski definition) is 2. The van der Waals surface area contributed by atoms with Gasteiger partial charge in [-0.1, -0.05) is 200 Å². The van der Waals surface area contributed by atoms with Crippen LogP contribution in [0.5, 0.6) is 0 Å². The maximum absolute atomic E-state index is 6.17. The molecule has 308 valence electrons. The Balaban J connectivity index is 0.951. The predicted molar refractivity (Wildman–Crippen MR) is 279 cm³/mol. The molecule has 0 aliphatic rings. The van der Waals surface area contributed by atoms with Gasteiger partial charge in [-0.25, -0.2) is 0 Å². The molecule has 0 spiro atoms. The maximum atomic E-state index is 6.17. The zero-order chi connectivity index (χ0) is 43.6. The summed E-state index contributed by atoms with van der Waals surface area (Å²) >= 11 is 0. The quantitative estimate of drug-likeness (QED) is 0.142. The summed E-state index contributed by atoms with van der Waals surface area (Å²) in [5, 5.41) is 10.1. The molecule has 0 atom stereocenters. The Labute approximate surface area is 383 Å². The Kier molecular flexibility index (Phi) is 8.89. The van der Waals surface area contributed by atoms with E-state index in [0.717, 1.165) is 61.3 Å². The van der Waals surface area contributed by atoms with Crippen LogP contribution in [0.4, 0.5) is 17.1 Å². The SMILES string of the molecule is c1ccc(-c2ccc(N(c3ccc(-c4ccc5oc6ccccc6c5c4)cc3)c3ccccc3-c3ccccc3)cc2-c2ccc(-c3ccc4ccc5cccc6ccc3c4c56)cc2)cc1. The molecule has 0 radical (unpaired) electrons. The van der Waals surface area contributed by atoms with Crippen molar-refractivity contribution in [3.05, 3.63) is 249 Å². The van der Waals surface area contributed by atoms with E-state index < -0.39 is 0 Å². The summed E-state index contributed by atoms with van der Waals surface area (Å²) in [6.07, 6.45) is 0. The van der Waals surface area contributed by atoms with Crippen LogP contribution in [-0.4, -0.2) is 0 Å². The zero-order valence-corrected chi connectivity index (χ0v) is 36.0. The summed E-state index contributed by atoms with van der Waals surface area (Å²) in [4.78, 5) is 2.41. The molecule has 0 fully saturated rings. The van der Waals surface area contributed by atoms with E-state index >= 15 is 0 Å². The van der Waals surface area contributed by atoms with Crippen molar-refractivity contribution in [2.45, 2.75) is 0 Å². The van der Waals surface area contributed by atoms with Crippen molar-refractivity contribution in [3.8, 4) is 55.6 Å². The molecular weight excluding hydrogens is 799 g/mol. The van der Waals surface area contributed by atoms with E-state index in [9.17, 15) is 0 Å². The van der Waals surface area contributed by atoms with Crippen molar-refractivity contribution in [3.63, 3.8) is 0 Å². The lowest BCUT2D eigenvalue weighted by molar-refractivity contribution is 0.669. The van der Waals surface area contributed by atoms with Crippen molar-refractivity contribution < 1.29 is 4.42 Å². The first-order chi connectivity index (χ1) is 32.7. The van der Waals surface area contributed by atoms with Crippen LogP contribution in [0.3, 0.4) is 0 Å². The number of rotatable bonds is 8. The van der Waals surface area contributed by atoms with Gasteiger partial charge >= 0.3 is 0 Å². The van der Waals surface area contributed by atoms with E-state index in [1.54, 1.807) is 0 Å². The molecule has 0 unspecified atom stereocenters. The van der Waals surface area contributed by atoms with E-state index in [1.165, 1.54) is 65.7 Å². The minimum atomic E-state index is 0.900. The summed E-state index contributed by atoms with van der Waals surface area (Å²) in [5.41, 5.74) is 16.8. The van der Waals surface area contributed by atoms with Crippen molar-refractivity contribution >= 4 is 71.3 Å². The molecule has 13 aromatic rings. The van der Waals surface area contributed by atoms with Gasteiger partial charge in [0.05, 0.1) is 5.69 Å². The number of hydrogen-bond donors (Lipinski definition) is 0. The molecule has 13 rings (SSSR count). The highest BCUT2D eigenvalue weighted by Crippen LogP contribution is 2.46. The Morgan fingerprint density at radius 2 is 0.803 bits per heavy atom. The smallest absolute Gasteiger partial charge is 0.135 e. The number of nitrogens with zero attached hydrogens (tertiary/aromatic N) is 1. The van der Waals surface area contributed by atoms with Crippen LogP contribution in [0.1, 0.15) is 0 Å². The molecule has 1 aromatic heterocycles. The van der Waals surface area contributed by atoms with Gasteiger partial charge < -0.3 is 9.32 Å². The predicted octanol–water partition coefficient (Wildman–Crippen LogP) is 18.3. The molecular formula is C64H41NO. The number of fused-ring (bicyclic) bond motifs is 3. The number of furan rings is 1. The second kappa shape index (κ2) is 15.5. The van der Waals surface area contributed by atoms with Crippen LogP contribution in [0, 0.1) is 0 Å². The van der Waals surface area contributed by atoms with Crippen LogP contribution in [0.15, 0.2) is 253 Å². The second-order valence-electron chi connectivity index (χ2n) is 17.2. The van der Waals surface area contributed by atoms with Gasteiger partial charge in [0.15, 0.2) is 0 Å². The zero-order valence-electron chi connectivity index (χ0n) is 36.0. The van der Waals surface area contributed by atoms with Gasteiger partial charge in [0, 0.05) is 27.7 Å². The highest BCUT2D eigenvalue weighted by Gasteiger charge is 2.21. The summed E-state index contributed by atoms with van der Waals surface area (Å²) in [6.45, 7) is 0. The second-order valence-corrected chi connectivity index (χ2v) is 17.2. The summed E-state index contributed by atoms with van der Waals surface area (Å²) in [7, 11) is 0. The Morgan fingerprint density at radius 3 is 1.58 bits per heavy atom. The molecule has 0 amide bonds. The highest BCUT2D eigenvalue weighted by atomic mass is 16.3. The van der Waals surface area contributed by atoms with E-state index in [2.05, 4.69) is 241 Å². The van der Waals surface area contributed by atoms with Gasteiger partial charge in [-0.2, -0.15) is 0 Å². The normalized spacial score (nSPS) is 11.6. The minimum absolute atomic E-state index is 0.900. The van der Waals surface area contributed by atoms with Crippen LogP contribution in [-0.2, 0) is 0 Å². The average molecular weight is 840 g/mol. The van der Waals surface area contributed by atoms with Crippen molar-refractivity contribution in [2.75, 3.05) is 4.90 Å². The van der Waals surface area contributed by atoms with Gasteiger partial charge in [0.1, 0.15) is 11.2 Å². The lowest BCUT2D eigenvalue weighted by Gasteiger charge is -2.29. The van der Waals surface area contributed by atoms with Gasteiger partial charge in [-0.15, -0.1) is 0 Å². The van der Waals surface area contributed by atoms with Gasteiger partial charge in [0.25, 0.3) is 0 Å². The molecule has 2 heteroatoms. The lowest BCUT2D eigenvalue weighted by Crippen LogP contribution is -2.11. The van der Waals surface area contributed by atoms with E-state index in [0.29, 0.717) is 0 Å². The summed E-state index contributed by atoms with van der Waals surface area (Å²) < 4.78 is 6.17. The van der Waals surface area contributed by atoms with Gasteiger partial charge in [-0.05, 0) is 131 Å². The van der Waals surface area contributed by atoms with Crippen LogP contribution < -0.4 is 4.90 Å². The molecule has 12 aromatic carbocycles. The van der Waals surface area contributed by atoms with Gasteiger partial charge in [0.2, 0.25) is 0 Å². The molecule has 0 N–H and O–H groups in total. The molecule has 0 aliphatic heterocycles. The van der Waals surface area contributed by atoms with Crippen molar-refractivity contribution in [2.24, 2.45) is 0 Å². The van der Waals surface area contributed by atoms with E-state index in [1.807, 2.05) is 12.1 Å². The third-order valence-electron chi connectivity index (χ3n) is 13.4. The summed E-state index contributed by atoms with van der Waals surface area (Å²) in [6, 6.07) is 90.4. The molecule has 0 aliphatic carbocycles. The third kappa shape index (κ3) is 6.34. The first kappa shape index (κ1) is 37.8. The summed E-state index contributed by atoms with van der Waals surface area (Å²) in [5.74, 6) is 0. The molecule has 0 bridgehead atoms. The molecule has 0 saturated carbocycles. The third-order valence-corrected chi connectivity index (χ3v) is 13.4. The van der Waals surface area contributed by atoms with Gasteiger partial charge in [-0.3, -0.25) is 0 Å². The first-order valence-electron chi connectivity index (χ1n) is 22.7. The highest BCUT2D eigenvalue weighted by molar-refractivity contribution is 6.25. The van der Waals surface area contributed by atoms with E-state index in [4.69, 9.17) is 4.42 Å². The molecule has 0 saturated heterocycles. The van der Waals surface area contributed by atoms with E-state index in [-0.39, 0.29) is 0 Å². The number of para-hydroxylation sites is 2.